The highest BCUT2D eigenvalue weighted by Crippen LogP contribution is 2.22. The Morgan fingerprint density at radius 1 is 1.27 bits per heavy atom. The number of imidazole rings is 1. The Morgan fingerprint density at radius 2 is 2.04 bits per heavy atom. The Balaban J connectivity index is 2.03. The van der Waals surface area contributed by atoms with E-state index in [9.17, 15) is 9.59 Å². The second-order valence-corrected chi connectivity index (χ2v) is 6.58. The summed E-state index contributed by atoms with van der Waals surface area (Å²) in [5.41, 5.74) is 0.138. The van der Waals surface area contributed by atoms with Gasteiger partial charge in [0.15, 0.2) is 11.2 Å². The van der Waals surface area contributed by atoms with Crippen LogP contribution in [0.5, 0.6) is 0 Å². The van der Waals surface area contributed by atoms with Gasteiger partial charge >= 0.3 is 5.69 Å². The molecular formula is C16H17Cl2N5O3. The highest BCUT2D eigenvalue weighted by molar-refractivity contribution is 6.42. The average Bonchev–Trinajstić information content (AvgIpc) is 2.91. The normalized spacial score (nSPS) is 11.2. The fraction of sp³-hybridized carbons (Fsp3) is 0.312. The molecule has 26 heavy (non-hydrogen) atoms. The van der Waals surface area contributed by atoms with Crippen LogP contribution in [0.25, 0.3) is 11.2 Å². The van der Waals surface area contributed by atoms with E-state index in [1.54, 1.807) is 29.8 Å². The molecule has 10 heteroatoms. The van der Waals surface area contributed by atoms with Gasteiger partial charge in [0.2, 0.25) is 5.95 Å². The van der Waals surface area contributed by atoms with Crippen LogP contribution in [0, 0.1) is 0 Å². The molecule has 0 bridgehead atoms. The summed E-state index contributed by atoms with van der Waals surface area (Å²) < 4.78 is 2.66. The molecule has 0 unspecified atom stereocenters. The van der Waals surface area contributed by atoms with Gasteiger partial charge in [0, 0.05) is 20.2 Å². The zero-order chi connectivity index (χ0) is 18.8. The Kier molecular flexibility index (Phi) is 5.36. The second-order valence-electron chi connectivity index (χ2n) is 5.77. The van der Waals surface area contributed by atoms with E-state index in [2.05, 4.69) is 15.3 Å². The van der Waals surface area contributed by atoms with Gasteiger partial charge in [-0.2, -0.15) is 4.98 Å². The van der Waals surface area contributed by atoms with Crippen molar-refractivity contribution in [3.8, 4) is 0 Å². The first-order valence-corrected chi connectivity index (χ1v) is 8.66. The summed E-state index contributed by atoms with van der Waals surface area (Å²) in [4.78, 5) is 32.0. The third kappa shape index (κ3) is 3.48. The smallest absolute Gasteiger partial charge is 0.330 e. The molecule has 8 nitrogen and oxygen atoms in total. The van der Waals surface area contributed by atoms with Crippen LogP contribution in [0.3, 0.4) is 0 Å². The van der Waals surface area contributed by atoms with E-state index < -0.39 is 11.2 Å². The minimum Gasteiger partial charge on any atom is -0.396 e. The Labute approximate surface area is 158 Å². The number of benzene rings is 1. The van der Waals surface area contributed by atoms with Gasteiger partial charge in [-0.15, -0.1) is 0 Å². The summed E-state index contributed by atoms with van der Waals surface area (Å²) in [6.07, 6.45) is 0.543. The predicted molar refractivity (Wildman–Crippen MR) is 101 cm³/mol. The average molecular weight is 398 g/mol. The van der Waals surface area contributed by atoms with Crippen molar-refractivity contribution in [1.29, 1.82) is 0 Å². The summed E-state index contributed by atoms with van der Waals surface area (Å²) >= 11 is 11.9. The highest BCUT2D eigenvalue weighted by atomic mass is 35.5. The molecule has 0 spiro atoms. The van der Waals surface area contributed by atoms with Gasteiger partial charge in [-0.05, 0) is 24.1 Å². The number of halogens is 2. The van der Waals surface area contributed by atoms with Crippen LogP contribution < -0.4 is 16.6 Å². The summed E-state index contributed by atoms with van der Waals surface area (Å²) in [5, 5.41) is 12.6. The number of nitrogens with one attached hydrogen (secondary N) is 2. The number of hydrogen-bond acceptors (Lipinski definition) is 5. The van der Waals surface area contributed by atoms with Gasteiger partial charge < -0.3 is 15.0 Å². The van der Waals surface area contributed by atoms with Crippen LogP contribution in [-0.4, -0.2) is 37.4 Å². The lowest BCUT2D eigenvalue weighted by Gasteiger charge is -2.07. The number of aromatic amines is 1. The zero-order valence-electron chi connectivity index (χ0n) is 13.9. The van der Waals surface area contributed by atoms with Crippen LogP contribution >= 0.6 is 23.2 Å². The van der Waals surface area contributed by atoms with E-state index in [1.807, 2.05) is 0 Å². The van der Waals surface area contributed by atoms with Crippen molar-refractivity contribution in [3.05, 3.63) is 54.6 Å². The molecule has 0 radical (unpaired) electrons. The van der Waals surface area contributed by atoms with E-state index in [0.717, 1.165) is 4.57 Å². The Bertz CT molecular complexity index is 1070. The first kappa shape index (κ1) is 18.5. The molecular weight excluding hydrogens is 381 g/mol. The molecule has 0 fully saturated rings. The largest absolute Gasteiger partial charge is 0.396 e. The number of hydrogen-bond donors (Lipinski definition) is 3. The highest BCUT2D eigenvalue weighted by Gasteiger charge is 2.16. The molecule has 0 saturated carbocycles. The number of nitrogens with zero attached hydrogens (tertiary/aromatic N) is 3. The molecule has 1 aromatic carbocycles. The molecule has 0 atom stereocenters. The van der Waals surface area contributed by atoms with E-state index in [1.165, 1.54) is 0 Å². The van der Waals surface area contributed by atoms with Crippen LogP contribution in [0.15, 0.2) is 27.8 Å². The third-order valence-electron chi connectivity index (χ3n) is 3.96. The number of aliphatic hydroxyl groups excluding tert-OH is 1. The van der Waals surface area contributed by atoms with Gasteiger partial charge in [-0.3, -0.25) is 14.3 Å². The number of rotatable bonds is 6. The number of H-pyrrole nitrogens is 1. The maximum atomic E-state index is 12.8. The van der Waals surface area contributed by atoms with E-state index in [-0.39, 0.29) is 24.3 Å². The number of fused-ring (bicyclic) bond motifs is 1. The molecule has 0 aliphatic rings. The third-order valence-corrected chi connectivity index (χ3v) is 4.70. The number of aromatic nitrogens is 4. The minimum atomic E-state index is -0.561. The van der Waals surface area contributed by atoms with Crippen molar-refractivity contribution in [2.45, 2.75) is 13.0 Å². The number of aryl methyl sites for hydroxylation is 1. The van der Waals surface area contributed by atoms with Gasteiger partial charge in [0.25, 0.3) is 5.56 Å². The van der Waals surface area contributed by atoms with E-state index in [4.69, 9.17) is 28.3 Å². The lowest BCUT2D eigenvalue weighted by Crippen LogP contribution is -2.36. The SMILES string of the molecule is Cn1c(NCCCO)nc2[nH]c(=O)n(Cc3ccc(Cl)c(Cl)c3)c(=O)c21. The first-order chi connectivity index (χ1) is 12.4. The van der Waals surface area contributed by atoms with Crippen LogP contribution in [0.4, 0.5) is 5.95 Å². The molecule has 0 aliphatic carbocycles. The quantitative estimate of drug-likeness (QED) is 0.547. The fourth-order valence-corrected chi connectivity index (χ4v) is 2.94. The summed E-state index contributed by atoms with van der Waals surface area (Å²) in [6.45, 7) is 0.596. The molecule has 3 N–H and O–H groups in total. The van der Waals surface area contributed by atoms with E-state index in [0.29, 0.717) is 34.5 Å². The second kappa shape index (κ2) is 7.53. The van der Waals surface area contributed by atoms with Crippen molar-refractivity contribution >= 4 is 40.3 Å². The summed E-state index contributed by atoms with van der Waals surface area (Å²) in [6, 6.07) is 4.94. The number of anilines is 1. The molecule has 0 saturated heterocycles. The van der Waals surface area contributed by atoms with E-state index >= 15 is 0 Å². The van der Waals surface area contributed by atoms with Crippen LogP contribution in [-0.2, 0) is 13.6 Å². The molecule has 0 aliphatic heterocycles. The van der Waals surface area contributed by atoms with Gasteiger partial charge in [-0.25, -0.2) is 4.79 Å². The first-order valence-electron chi connectivity index (χ1n) is 7.90. The monoisotopic (exact) mass is 397 g/mol. The van der Waals surface area contributed by atoms with Crippen molar-refractivity contribution in [1.82, 2.24) is 19.1 Å². The molecule has 138 valence electrons. The lowest BCUT2D eigenvalue weighted by molar-refractivity contribution is 0.292. The zero-order valence-corrected chi connectivity index (χ0v) is 15.4. The predicted octanol–water partition coefficient (Wildman–Crippen LogP) is 1.57. The van der Waals surface area contributed by atoms with Crippen molar-refractivity contribution in [2.24, 2.45) is 7.05 Å². The fourth-order valence-electron chi connectivity index (χ4n) is 2.62. The van der Waals surface area contributed by atoms with Crippen molar-refractivity contribution in [3.63, 3.8) is 0 Å². The number of aliphatic hydroxyl groups is 1. The molecule has 2 aromatic heterocycles. The molecule has 2 heterocycles. The topological polar surface area (TPSA) is 105 Å². The maximum Gasteiger partial charge on any atom is 0.330 e. The molecule has 3 rings (SSSR count). The van der Waals surface area contributed by atoms with Crippen LogP contribution in [0.1, 0.15) is 12.0 Å². The molecule has 0 amide bonds. The van der Waals surface area contributed by atoms with Crippen molar-refractivity contribution < 1.29 is 5.11 Å². The standard InChI is InChI=1S/C16H17Cl2N5O3/c1-22-12-13(20-15(22)19-5-2-6-24)21-16(26)23(14(12)25)8-9-3-4-10(17)11(18)7-9/h3-4,7,24H,2,5-6,8H2,1H3,(H,19,20)(H,21,26). The summed E-state index contributed by atoms with van der Waals surface area (Å²) in [7, 11) is 1.68. The van der Waals surface area contributed by atoms with Crippen LogP contribution in [0.2, 0.25) is 10.0 Å². The lowest BCUT2D eigenvalue weighted by atomic mass is 10.2. The Hall–Kier alpha value is -2.29. The van der Waals surface area contributed by atoms with Gasteiger partial charge in [-0.1, -0.05) is 29.3 Å². The summed E-state index contributed by atoms with van der Waals surface area (Å²) in [5.74, 6) is 0.438. The van der Waals surface area contributed by atoms with Gasteiger partial charge in [0.1, 0.15) is 0 Å². The minimum absolute atomic E-state index is 0.0459. The molecule has 3 aromatic rings. The van der Waals surface area contributed by atoms with Crippen molar-refractivity contribution in [2.75, 3.05) is 18.5 Å². The Morgan fingerprint density at radius 3 is 2.73 bits per heavy atom. The maximum absolute atomic E-state index is 12.8. The van der Waals surface area contributed by atoms with Gasteiger partial charge in [0.05, 0.1) is 16.6 Å².